The number of benzene rings is 1. The quantitative estimate of drug-likeness (QED) is 0.828. The van der Waals surface area contributed by atoms with E-state index in [1.54, 1.807) is 6.07 Å². The van der Waals surface area contributed by atoms with Gasteiger partial charge in [-0.3, -0.25) is 4.79 Å². The maximum Gasteiger partial charge on any atom is 0.231 e. The second-order valence-corrected chi connectivity index (χ2v) is 10.6. The molecule has 1 spiro atoms. The zero-order chi connectivity index (χ0) is 19.8. The van der Waals surface area contributed by atoms with Crippen LogP contribution in [-0.4, -0.2) is 47.2 Å². The van der Waals surface area contributed by atoms with Crippen molar-refractivity contribution in [1.29, 1.82) is 0 Å². The van der Waals surface area contributed by atoms with Gasteiger partial charge in [0.2, 0.25) is 5.91 Å². The molecule has 5 heteroatoms. The van der Waals surface area contributed by atoms with Gasteiger partial charge in [-0.1, -0.05) is 12.1 Å². The fourth-order valence-corrected chi connectivity index (χ4v) is 7.98. The van der Waals surface area contributed by atoms with Crippen molar-refractivity contribution in [3.8, 4) is 0 Å². The second kappa shape index (κ2) is 6.19. The van der Waals surface area contributed by atoms with Crippen LogP contribution in [0.2, 0.25) is 0 Å². The summed E-state index contributed by atoms with van der Waals surface area (Å²) in [6.07, 6.45) is 7.99. The normalized spacial score (nSPS) is 43.6. The van der Waals surface area contributed by atoms with Gasteiger partial charge in [-0.2, -0.15) is 0 Å². The third kappa shape index (κ3) is 2.55. The number of hydrogen-bond donors (Lipinski definition) is 1. The Morgan fingerprint density at radius 3 is 2.55 bits per heavy atom. The van der Waals surface area contributed by atoms with Crippen molar-refractivity contribution >= 4 is 11.6 Å². The van der Waals surface area contributed by atoms with E-state index in [0.717, 1.165) is 64.5 Å². The summed E-state index contributed by atoms with van der Waals surface area (Å²) >= 11 is 0. The molecule has 6 aliphatic rings. The number of anilines is 1. The number of nitrogens with zero attached hydrogens (tertiary/aromatic N) is 2. The summed E-state index contributed by atoms with van der Waals surface area (Å²) < 4.78 is 14.4. The summed E-state index contributed by atoms with van der Waals surface area (Å²) in [6, 6.07) is 6.96. The van der Waals surface area contributed by atoms with E-state index >= 15 is 0 Å². The summed E-state index contributed by atoms with van der Waals surface area (Å²) in [5.74, 6) is 1.57. The Morgan fingerprint density at radius 1 is 1.03 bits per heavy atom. The van der Waals surface area contributed by atoms with E-state index in [0.29, 0.717) is 35.9 Å². The lowest BCUT2D eigenvalue weighted by Gasteiger charge is -2.61. The lowest BCUT2D eigenvalue weighted by Crippen LogP contribution is -2.65. The summed E-state index contributed by atoms with van der Waals surface area (Å²) in [6.45, 7) is 2.30. The molecule has 156 valence electrons. The molecule has 4 nitrogen and oxygen atoms in total. The lowest BCUT2D eigenvalue weighted by molar-refractivity contribution is -0.167. The molecule has 1 amide bonds. The first kappa shape index (κ1) is 18.2. The van der Waals surface area contributed by atoms with E-state index in [4.69, 9.17) is 0 Å². The Morgan fingerprint density at radius 2 is 1.79 bits per heavy atom. The number of likely N-dealkylation sites (tertiary alicyclic amines) is 1. The van der Waals surface area contributed by atoms with E-state index in [1.807, 2.05) is 12.1 Å². The minimum Gasteiger partial charge on any atom is -0.393 e. The van der Waals surface area contributed by atoms with Crippen molar-refractivity contribution < 1.29 is 14.3 Å². The number of halogens is 1. The standard InChI is InChI=1S/C24H31FN2O2/c25-19-4-1-2-5-20(19)26-8-3-6-23(15-26)7-9-27(22(23)29)24-12-16-10-17(13-24)21(28)18(11-16)14-24/h1-2,4-5,16-18,21,28H,3,6-15H2. The third-order valence-corrected chi connectivity index (χ3v) is 9.05. The molecule has 2 saturated heterocycles. The van der Waals surface area contributed by atoms with E-state index in [1.165, 1.54) is 6.07 Å². The molecule has 2 aliphatic heterocycles. The van der Waals surface area contributed by atoms with Gasteiger partial charge in [-0.25, -0.2) is 4.39 Å². The first-order valence-corrected chi connectivity index (χ1v) is 11.5. The van der Waals surface area contributed by atoms with Gasteiger partial charge in [0.25, 0.3) is 0 Å². The van der Waals surface area contributed by atoms with Crippen LogP contribution < -0.4 is 4.90 Å². The molecule has 3 atom stereocenters. The second-order valence-electron chi connectivity index (χ2n) is 10.6. The smallest absolute Gasteiger partial charge is 0.231 e. The maximum atomic E-state index is 14.4. The predicted molar refractivity (Wildman–Crippen MR) is 109 cm³/mol. The molecule has 1 aromatic carbocycles. The van der Waals surface area contributed by atoms with Crippen LogP contribution in [0.25, 0.3) is 0 Å². The fourth-order valence-electron chi connectivity index (χ4n) is 7.98. The van der Waals surface area contributed by atoms with E-state index in [9.17, 15) is 14.3 Å². The van der Waals surface area contributed by atoms with Crippen LogP contribution in [0.4, 0.5) is 10.1 Å². The molecule has 4 aliphatic carbocycles. The van der Waals surface area contributed by atoms with Crippen molar-refractivity contribution in [1.82, 2.24) is 4.90 Å². The topological polar surface area (TPSA) is 43.8 Å². The van der Waals surface area contributed by atoms with Crippen LogP contribution >= 0.6 is 0 Å². The monoisotopic (exact) mass is 398 g/mol. The summed E-state index contributed by atoms with van der Waals surface area (Å²) in [7, 11) is 0. The highest BCUT2D eigenvalue weighted by atomic mass is 19.1. The molecular weight excluding hydrogens is 367 g/mol. The molecule has 1 N–H and O–H groups in total. The van der Waals surface area contributed by atoms with Crippen molar-refractivity contribution in [2.24, 2.45) is 23.2 Å². The number of carbonyl (C=O) groups is 1. The van der Waals surface area contributed by atoms with Crippen LogP contribution in [-0.2, 0) is 4.79 Å². The van der Waals surface area contributed by atoms with Crippen LogP contribution in [0.3, 0.4) is 0 Å². The van der Waals surface area contributed by atoms with Crippen LogP contribution in [0.1, 0.15) is 51.4 Å². The molecule has 29 heavy (non-hydrogen) atoms. The predicted octanol–water partition coefficient (Wildman–Crippen LogP) is 3.58. The van der Waals surface area contributed by atoms with Gasteiger partial charge in [0.05, 0.1) is 17.2 Å². The Labute approximate surface area is 172 Å². The average molecular weight is 399 g/mol. The molecule has 1 aromatic rings. The molecule has 6 fully saturated rings. The first-order chi connectivity index (χ1) is 14.0. The number of aliphatic hydroxyl groups excluding tert-OH is 1. The van der Waals surface area contributed by atoms with Gasteiger partial charge < -0.3 is 14.9 Å². The largest absolute Gasteiger partial charge is 0.393 e. The Balaban J connectivity index is 1.27. The van der Waals surface area contributed by atoms with Gasteiger partial charge >= 0.3 is 0 Å². The molecule has 0 aromatic heterocycles. The van der Waals surface area contributed by atoms with Crippen molar-refractivity contribution in [2.45, 2.75) is 63.0 Å². The molecular formula is C24H31FN2O2. The van der Waals surface area contributed by atoms with E-state index in [-0.39, 0.29) is 22.9 Å². The highest BCUT2D eigenvalue weighted by Gasteiger charge is 2.62. The minimum absolute atomic E-state index is 0.0173. The van der Waals surface area contributed by atoms with E-state index in [2.05, 4.69) is 9.80 Å². The van der Waals surface area contributed by atoms with Gasteiger partial charge in [-0.05, 0) is 81.3 Å². The zero-order valence-corrected chi connectivity index (χ0v) is 17.0. The SMILES string of the molecule is O=C1N(C23CC4CC(C2)C(O)C(C4)C3)CCC12CCCN(c1ccccc1F)C2. The number of rotatable bonds is 2. The highest BCUT2D eigenvalue weighted by Crippen LogP contribution is 2.59. The molecule has 7 rings (SSSR count). The number of carbonyl (C=O) groups excluding carboxylic acids is 1. The Kier molecular flexibility index (Phi) is 3.88. The molecule has 4 saturated carbocycles. The van der Waals surface area contributed by atoms with Gasteiger partial charge in [-0.15, -0.1) is 0 Å². The third-order valence-electron chi connectivity index (χ3n) is 9.05. The number of para-hydroxylation sites is 1. The van der Waals surface area contributed by atoms with Gasteiger partial charge in [0, 0.05) is 25.2 Å². The minimum atomic E-state index is -0.359. The maximum absolute atomic E-state index is 14.4. The van der Waals surface area contributed by atoms with Gasteiger partial charge in [0.15, 0.2) is 0 Å². The highest BCUT2D eigenvalue weighted by molar-refractivity contribution is 5.86. The van der Waals surface area contributed by atoms with Crippen molar-refractivity contribution in [3.05, 3.63) is 30.1 Å². The molecule has 4 bridgehead atoms. The van der Waals surface area contributed by atoms with Gasteiger partial charge in [0.1, 0.15) is 5.82 Å². The van der Waals surface area contributed by atoms with Crippen molar-refractivity contribution in [2.75, 3.05) is 24.5 Å². The van der Waals surface area contributed by atoms with Crippen LogP contribution in [0, 0.1) is 29.0 Å². The van der Waals surface area contributed by atoms with Crippen LogP contribution in [0.15, 0.2) is 24.3 Å². The lowest BCUT2D eigenvalue weighted by atomic mass is 9.51. The van der Waals surface area contributed by atoms with Crippen LogP contribution in [0.5, 0.6) is 0 Å². The Bertz CT molecular complexity index is 828. The average Bonchev–Trinajstić information content (AvgIpc) is 3.02. The summed E-state index contributed by atoms with van der Waals surface area (Å²) in [4.78, 5) is 18.2. The number of aliphatic hydroxyl groups is 1. The molecule has 2 heterocycles. The summed E-state index contributed by atoms with van der Waals surface area (Å²) in [5, 5.41) is 10.6. The summed E-state index contributed by atoms with van der Waals surface area (Å²) in [5.41, 5.74) is 0.259. The number of piperidine rings is 1. The van der Waals surface area contributed by atoms with Crippen molar-refractivity contribution in [3.63, 3.8) is 0 Å². The fraction of sp³-hybridized carbons (Fsp3) is 0.708. The molecule has 3 unspecified atom stereocenters. The molecule has 0 radical (unpaired) electrons. The first-order valence-electron chi connectivity index (χ1n) is 11.5. The zero-order valence-electron chi connectivity index (χ0n) is 17.0. The number of hydrogen-bond acceptors (Lipinski definition) is 3. The number of amides is 1. The van der Waals surface area contributed by atoms with E-state index < -0.39 is 0 Å². The Hall–Kier alpha value is -1.62.